The molecule has 4 nitrogen and oxygen atoms in total. The van der Waals surface area contributed by atoms with E-state index < -0.39 is 0 Å². The van der Waals surface area contributed by atoms with Crippen molar-refractivity contribution in [2.45, 2.75) is 19.3 Å². The van der Waals surface area contributed by atoms with Gasteiger partial charge in [-0.2, -0.15) is 0 Å². The molecule has 0 amide bonds. The molecule has 27 heavy (non-hydrogen) atoms. The molecule has 1 heterocycles. The predicted octanol–water partition coefficient (Wildman–Crippen LogP) is 3.95. The van der Waals surface area contributed by atoms with Gasteiger partial charge in [0, 0.05) is 50.4 Å². The first-order valence-corrected chi connectivity index (χ1v) is 9.80. The Morgan fingerprint density at radius 3 is 2.33 bits per heavy atom. The SMILES string of the molecule is CCC(C=O)C(c1ccc(N2CCOCC2)cc1)c1ccccc1N(C)C. The summed E-state index contributed by atoms with van der Waals surface area (Å²) >= 11 is 0. The molecular weight excluding hydrogens is 336 g/mol. The molecule has 1 aliphatic heterocycles. The Morgan fingerprint density at radius 2 is 1.74 bits per heavy atom. The molecule has 0 radical (unpaired) electrons. The normalized spacial score (nSPS) is 16.6. The molecule has 1 saturated heterocycles. The molecule has 0 N–H and O–H groups in total. The largest absolute Gasteiger partial charge is 0.378 e. The van der Waals surface area contributed by atoms with Crippen LogP contribution in [0.1, 0.15) is 30.4 Å². The molecule has 1 fully saturated rings. The summed E-state index contributed by atoms with van der Waals surface area (Å²) in [5.74, 6) is 0.0187. The van der Waals surface area contributed by atoms with Crippen molar-refractivity contribution in [1.29, 1.82) is 0 Å². The van der Waals surface area contributed by atoms with Gasteiger partial charge < -0.3 is 19.3 Å². The summed E-state index contributed by atoms with van der Waals surface area (Å²) in [5.41, 5.74) is 4.79. The molecular formula is C23H30N2O2. The Morgan fingerprint density at radius 1 is 1.07 bits per heavy atom. The minimum atomic E-state index is -0.0414. The molecule has 0 saturated carbocycles. The quantitative estimate of drug-likeness (QED) is 0.695. The van der Waals surface area contributed by atoms with Gasteiger partial charge in [-0.1, -0.05) is 37.3 Å². The van der Waals surface area contributed by atoms with E-state index in [1.165, 1.54) is 22.5 Å². The minimum absolute atomic E-state index is 0.0414. The van der Waals surface area contributed by atoms with E-state index in [1.54, 1.807) is 0 Å². The number of anilines is 2. The summed E-state index contributed by atoms with van der Waals surface area (Å²) in [7, 11) is 4.11. The van der Waals surface area contributed by atoms with Crippen molar-refractivity contribution in [3.63, 3.8) is 0 Å². The van der Waals surface area contributed by atoms with Crippen LogP contribution in [-0.4, -0.2) is 46.7 Å². The number of para-hydroxylation sites is 1. The average molecular weight is 367 g/mol. The number of hydrogen-bond donors (Lipinski definition) is 0. The Labute approximate surface area is 162 Å². The third-order valence-corrected chi connectivity index (χ3v) is 5.46. The average Bonchev–Trinajstić information content (AvgIpc) is 2.73. The summed E-state index contributed by atoms with van der Waals surface area (Å²) in [6.45, 7) is 5.51. The van der Waals surface area contributed by atoms with E-state index in [1.807, 2.05) is 0 Å². The second kappa shape index (κ2) is 9.05. The second-order valence-corrected chi connectivity index (χ2v) is 7.33. The number of morpholine rings is 1. The molecule has 4 heteroatoms. The van der Waals surface area contributed by atoms with Crippen LogP contribution < -0.4 is 9.80 Å². The molecule has 0 aromatic heterocycles. The lowest BCUT2D eigenvalue weighted by molar-refractivity contribution is -0.111. The Kier molecular flexibility index (Phi) is 6.51. The van der Waals surface area contributed by atoms with Crippen molar-refractivity contribution in [2.24, 2.45) is 5.92 Å². The monoisotopic (exact) mass is 366 g/mol. The fraction of sp³-hybridized carbons (Fsp3) is 0.435. The Bertz CT molecular complexity index is 736. The number of carbonyl (C=O) groups is 1. The summed E-state index contributed by atoms with van der Waals surface area (Å²) < 4.78 is 5.45. The zero-order valence-corrected chi connectivity index (χ0v) is 16.6. The van der Waals surface area contributed by atoms with Crippen LogP contribution in [0.4, 0.5) is 11.4 Å². The van der Waals surface area contributed by atoms with Gasteiger partial charge in [-0.25, -0.2) is 0 Å². The van der Waals surface area contributed by atoms with Gasteiger partial charge in [-0.05, 0) is 35.7 Å². The van der Waals surface area contributed by atoms with Crippen LogP contribution >= 0.6 is 0 Å². The van der Waals surface area contributed by atoms with Gasteiger partial charge >= 0.3 is 0 Å². The molecule has 2 aromatic carbocycles. The molecule has 3 rings (SSSR count). The lowest BCUT2D eigenvalue weighted by Crippen LogP contribution is -2.36. The van der Waals surface area contributed by atoms with Crippen LogP contribution in [0, 0.1) is 5.92 Å². The van der Waals surface area contributed by atoms with E-state index in [9.17, 15) is 4.79 Å². The zero-order chi connectivity index (χ0) is 19.2. The first-order valence-electron chi connectivity index (χ1n) is 9.80. The van der Waals surface area contributed by atoms with E-state index in [0.29, 0.717) is 0 Å². The molecule has 2 unspecified atom stereocenters. The van der Waals surface area contributed by atoms with Gasteiger partial charge in [0.2, 0.25) is 0 Å². The van der Waals surface area contributed by atoms with E-state index in [2.05, 4.69) is 79.3 Å². The lowest BCUT2D eigenvalue weighted by Gasteiger charge is -2.30. The topological polar surface area (TPSA) is 32.8 Å². The third-order valence-electron chi connectivity index (χ3n) is 5.46. The van der Waals surface area contributed by atoms with Gasteiger partial charge in [-0.3, -0.25) is 0 Å². The molecule has 0 spiro atoms. The van der Waals surface area contributed by atoms with Crippen molar-refractivity contribution in [3.05, 3.63) is 59.7 Å². The highest BCUT2D eigenvalue weighted by atomic mass is 16.5. The van der Waals surface area contributed by atoms with Crippen LogP contribution in [0.15, 0.2) is 48.5 Å². The van der Waals surface area contributed by atoms with Crippen LogP contribution in [0.2, 0.25) is 0 Å². The van der Waals surface area contributed by atoms with Crippen LogP contribution in [-0.2, 0) is 9.53 Å². The van der Waals surface area contributed by atoms with E-state index >= 15 is 0 Å². The smallest absolute Gasteiger partial charge is 0.124 e. The summed E-state index contributed by atoms with van der Waals surface area (Å²) in [6, 6.07) is 17.1. The summed E-state index contributed by atoms with van der Waals surface area (Å²) in [5, 5.41) is 0. The highest BCUT2D eigenvalue weighted by Gasteiger charge is 2.26. The molecule has 144 valence electrons. The van der Waals surface area contributed by atoms with E-state index in [4.69, 9.17) is 4.74 Å². The zero-order valence-electron chi connectivity index (χ0n) is 16.6. The molecule has 2 atom stereocenters. The third kappa shape index (κ3) is 4.33. The predicted molar refractivity (Wildman–Crippen MR) is 112 cm³/mol. The second-order valence-electron chi connectivity index (χ2n) is 7.33. The van der Waals surface area contributed by atoms with Crippen molar-refractivity contribution in [2.75, 3.05) is 50.2 Å². The van der Waals surface area contributed by atoms with E-state index in [-0.39, 0.29) is 11.8 Å². The molecule has 1 aliphatic rings. The van der Waals surface area contributed by atoms with Crippen molar-refractivity contribution in [1.82, 2.24) is 0 Å². The maximum Gasteiger partial charge on any atom is 0.124 e. The maximum atomic E-state index is 11.9. The number of nitrogens with zero attached hydrogens (tertiary/aromatic N) is 2. The molecule has 0 bridgehead atoms. The summed E-state index contributed by atoms with van der Waals surface area (Å²) in [4.78, 5) is 16.4. The van der Waals surface area contributed by atoms with Crippen molar-refractivity contribution >= 4 is 17.7 Å². The van der Waals surface area contributed by atoms with Gasteiger partial charge in [0.15, 0.2) is 0 Å². The van der Waals surface area contributed by atoms with Crippen LogP contribution in [0.3, 0.4) is 0 Å². The Balaban J connectivity index is 1.98. The summed E-state index contributed by atoms with van der Waals surface area (Å²) in [6.07, 6.45) is 1.94. The number of ether oxygens (including phenoxy) is 1. The van der Waals surface area contributed by atoms with Crippen molar-refractivity contribution < 1.29 is 9.53 Å². The standard InChI is InChI=1S/C23H30N2O2/c1-4-18(17-26)23(21-7-5-6-8-22(21)24(2)3)19-9-11-20(12-10-19)25-13-15-27-16-14-25/h5-12,17-18,23H,4,13-16H2,1-3H3. The van der Waals surface area contributed by atoms with Gasteiger partial charge in [0.1, 0.15) is 6.29 Å². The lowest BCUT2D eigenvalue weighted by atomic mass is 9.79. The van der Waals surface area contributed by atoms with Crippen molar-refractivity contribution in [3.8, 4) is 0 Å². The van der Waals surface area contributed by atoms with E-state index in [0.717, 1.165) is 39.0 Å². The highest BCUT2D eigenvalue weighted by Crippen LogP contribution is 2.38. The number of aldehydes is 1. The van der Waals surface area contributed by atoms with Crippen LogP contribution in [0.25, 0.3) is 0 Å². The first kappa shape index (κ1) is 19.4. The molecule has 2 aromatic rings. The Hall–Kier alpha value is -2.33. The van der Waals surface area contributed by atoms with Crippen LogP contribution in [0.5, 0.6) is 0 Å². The number of carbonyl (C=O) groups excluding carboxylic acids is 1. The maximum absolute atomic E-state index is 11.9. The van der Waals surface area contributed by atoms with Gasteiger partial charge in [0.25, 0.3) is 0 Å². The molecule has 0 aliphatic carbocycles. The minimum Gasteiger partial charge on any atom is -0.378 e. The highest BCUT2D eigenvalue weighted by molar-refractivity contribution is 5.64. The first-order chi connectivity index (χ1) is 13.2. The fourth-order valence-electron chi connectivity index (χ4n) is 3.94. The fourth-order valence-corrected chi connectivity index (χ4v) is 3.94. The van der Waals surface area contributed by atoms with Gasteiger partial charge in [-0.15, -0.1) is 0 Å². The number of rotatable bonds is 7. The number of benzene rings is 2. The number of hydrogen-bond acceptors (Lipinski definition) is 4. The van der Waals surface area contributed by atoms with Gasteiger partial charge in [0.05, 0.1) is 13.2 Å².